The van der Waals surface area contributed by atoms with Crippen LogP contribution in [-0.4, -0.2) is 68.8 Å². The zero-order valence-electron chi connectivity index (χ0n) is 13.1. The molecule has 0 aromatic heterocycles. The second-order valence-electron chi connectivity index (χ2n) is 6.12. The molecule has 0 aliphatic carbocycles. The molecule has 21 heavy (non-hydrogen) atoms. The predicted octanol–water partition coefficient (Wildman–Crippen LogP) is 1.22. The smallest absolute Gasteiger partial charge is 0.118 e. The number of hydrogen-bond acceptors (Lipinski definition) is 4. The summed E-state index contributed by atoms with van der Waals surface area (Å²) in [5.41, 5.74) is 1.40. The van der Waals surface area contributed by atoms with E-state index >= 15 is 0 Å². The minimum Gasteiger partial charge on any atom is -0.497 e. The first-order chi connectivity index (χ1) is 10.3. The van der Waals surface area contributed by atoms with Gasteiger partial charge in [-0.25, -0.2) is 0 Å². The van der Waals surface area contributed by atoms with Crippen molar-refractivity contribution < 1.29 is 4.74 Å². The number of rotatable bonds is 5. The lowest BCUT2D eigenvalue weighted by molar-refractivity contribution is 0.103. The maximum absolute atomic E-state index is 5.20. The Hall–Kier alpha value is -1.10. The molecule has 2 fully saturated rings. The van der Waals surface area contributed by atoms with Crippen molar-refractivity contribution in [1.29, 1.82) is 0 Å². The zero-order valence-corrected chi connectivity index (χ0v) is 13.1. The molecule has 2 aliphatic heterocycles. The Balaban J connectivity index is 1.40. The van der Waals surface area contributed by atoms with Crippen LogP contribution < -0.4 is 10.1 Å². The van der Waals surface area contributed by atoms with Crippen LogP contribution in [0.4, 0.5) is 0 Å². The van der Waals surface area contributed by atoms with Gasteiger partial charge in [-0.3, -0.25) is 4.90 Å². The standard InChI is InChI=1S/C17H27N3O/c1-21-17-4-2-15(3-5-17)7-9-19-10-12-20(13-11-19)16-6-8-18-14-16/h2-5,16,18H,6-14H2,1H3. The molecule has 0 saturated carbocycles. The van der Waals surface area contributed by atoms with E-state index in [2.05, 4.69) is 39.4 Å². The summed E-state index contributed by atoms with van der Waals surface area (Å²) in [5.74, 6) is 0.942. The van der Waals surface area contributed by atoms with Crippen molar-refractivity contribution in [2.75, 3.05) is 52.9 Å². The van der Waals surface area contributed by atoms with E-state index in [1.165, 1.54) is 57.8 Å². The van der Waals surface area contributed by atoms with Crippen LogP contribution in [0.3, 0.4) is 0 Å². The first-order valence-corrected chi connectivity index (χ1v) is 8.15. The molecule has 1 aromatic carbocycles. The molecule has 0 spiro atoms. The predicted molar refractivity (Wildman–Crippen MR) is 86.0 cm³/mol. The topological polar surface area (TPSA) is 27.7 Å². The van der Waals surface area contributed by atoms with Crippen molar-refractivity contribution in [2.24, 2.45) is 0 Å². The van der Waals surface area contributed by atoms with Gasteiger partial charge >= 0.3 is 0 Å². The van der Waals surface area contributed by atoms with Gasteiger partial charge in [0.2, 0.25) is 0 Å². The van der Waals surface area contributed by atoms with Gasteiger partial charge in [0.05, 0.1) is 7.11 Å². The zero-order chi connectivity index (χ0) is 14.5. The van der Waals surface area contributed by atoms with Crippen molar-refractivity contribution in [2.45, 2.75) is 18.9 Å². The summed E-state index contributed by atoms with van der Waals surface area (Å²) in [7, 11) is 1.72. The number of hydrogen-bond donors (Lipinski definition) is 1. The molecule has 1 atom stereocenters. The Kier molecular flexibility index (Phi) is 5.12. The summed E-state index contributed by atoms with van der Waals surface area (Å²) in [6.45, 7) is 8.44. The fourth-order valence-corrected chi connectivity index (χ4v) is 3.38. The third-order valence-electron chi connectivity index (χ3n) is 4.83. The Morgan fingerprint density at radius 1 is 1.14 bits per heavy atom. The molecule has 1 unspecified atom stereocenters. The Morgan fingerprint density at radius 2 is 1.90 bits per heavy atom. The monoisotopic (exact) mass is 289 g/mol. The van der Waals surface area contributed by atoms with Crippen LogP contribution >= 0.6 is 0 Å². The number of piperazine rings is 1. The van der Waals surface area contributed by atoms with E-state index in [0.717, 1.165) is 18.2 Å². The highest BCUT2D eigenvalue weighted by molar-refractivity contribution is 5.27. The van der Waals surface area contributed by atoms with E-state index in [1.807, 2.05) is 0 Å². The fraction of sp³-hybridized carbons (Fsp3) is 0.647. The first-order valence-electron chi connectivity index (χ1n) is 8.15. The minimum absolute atomic E-state index is 0.786. The van der Waals surface area contributed by atoms with Crippen molar-refractivity contribution in [3.63, 3.8) is 0 Å². The van der Waals surface area contributed by atoms with E-state index < -0.39 is 0 Å². The van der Waals surface area contributed by atoms with Gasteiger partial charge in [0.15, 0.2) is 0 Å². The van der Waals surface area contributed by atoms with E-state index in [-0.39, 0.29) is 0 Å². The van der Waals surface area contributed by atoms with Gasteiger partial charge in [-0.2, -0.15) is 0 Å². The fourth-order valence-electron chi connectivity index (χ4n) is 3.38. The summed E-state index contributed by atoms with van der Waals surface area (Å²) >= 11 is 0. The van der Waals surface area contributed by atoms with E-state index in [4.69, 9.17) is 4.74 Å². The molecule has 2 saturated heterocycles. The van der Waals surface area contributed by atoms with Gasteiger partial charge in [0.1, 0.15) is 5.75 Å². The van der Waals surface area contributed by atoms with Crippen LogP contribution in [0.2, 0.25) is 0 Å². The van der Waals surface area contributed by atoms with Crippen molar-refractivity contribution in [3.05, 3.63) is 29.8 Å². The van der Waals surface area contributed by atoms with Gasteiger partial charge in [-0.05, 0) is 37.1 Å². The van der Waals surface area contributed by atoms with Crippen LogP contribution in [-0.2, 0) is 6.42 Å². The second-order valence-corrected chi connectivity index (χ2v) is 6.12. The Bertz CT molecular complexity index is 420. The van der Waals surface area contributed by atoms with E-state index in [9.17, 15) is 0 Å². The van der Waals surface area contributed by atoms with E-state index in [0.29, 0.717) is 0 Å². The summed E-state index contributed by atoms with van der Waals surface area (Å²) in [5, 5.41) is 3.47. The molecule has 0 radical (unpaired) electrons. The molecule has 116 valence electrons. The first kappa shape index (κ1) is 14.8. The van der Waals surface area contributed by atoms with Crippen LogP contribution in [0, 0.1) is 0 Å². The van der Waals surface area contributed by atoms with E-state index in [1.54, 1.807) is 7.11 Å². The second kappa shape index (κ2) is 7.25. The molecule has 3 rings (SSSR count). The number of ether oxygens (including phenoxy) is 1. The summed E-state index contributed by atoms with van der Waals surface area (Å²) < 4.78 is 5.20. The third-order valence-corrected chi connectivity index (χ3v) is 4.83. The molecule has 1 aromatic rings. The molecule has 0 bridgehead atoms. The maximum atomic E-state index is 5.20. The third kappa shape index (κ3) is 3.96. The Morgan fingerprint density at radius 3 is 2.52 bits per heavy atom. The quantitative estimate of drug-likeness (QED) is 0.882. The number of nitrogens with one attached hydrogen (secondary N) is 1. The van der Waals surface area contributed by atoms with Crippen molar-refractivity contribution >= 4 is 0 Å². The number of nitrogens with zero attached hydrogens (tertiary/aromatic N) is 2. The highest BCUT2D eigenvalue weighted by Gasteiger charge is 2.25. The van der Waals surface area contributed by atoms with Crippen molar-refractivity contribution in [1.82, 2.24) is 15.1 Å². The Labute approximate surface area is 128 Å². The van der Waals surface area contributed by atoms with Gasteiger partial charge < -0.3 is 15.0 Å². The maximum Gasteiger partial charge on any atom is 0.118 e. The van der Waals surface area contributed by atoms with Crippen LogP contribution in [0.25, 0.3) is 0 Å². The molecular weight excluding hydrogens is 262 g/mol. The van der Waals surface area contributed by atoms with Gasteiger partial charge in [-0.15, -0.1) is 0 Å². The highest BCUT2D eigenvalue weighted by Crippen LogP contribution is 2.14. The lowest BCUT2D eigenvalue weighted by atomic mass is 10.1. The molecule has 0 amide bonds. The molecule has 2 aliphatic rings. The summed E-state index contributed by atoms with van der Waals surface area (Å²) in [6.07, 6.45) is 2.46. The van der Waals surface area contributed by atoms with Crippen LogP contribution in [0.5, 0.6) is 5.75 Å². The molecule has 2 heterocycles. The molecule has 1 N–H and O–H groups in total. The average molecular weight is 289 g/mol. The summed E-state index contributed by atoms with van der Waals surface area (Å²) in [4.78, 5) is 5.27. The lowest BCUT2D eigenvalue weighted by Crippen LogP contribution is -2.51. The van der Waals surface area contributed by atoms with Crippen molar-refractivity contribution in [3.8, 4) is 5.75 Å². The minimum atomic E-state index is 0.786. The molecule has 4 heteroatoms. The average Bonchev–Trinajstić information content (AvgIpc) is 3.08. The number of methoxy groups -OCH3 is 1. The largest absolute Gasteiger partial charge is 0.497 e. The number of benzene rings is 1. The lowest BCUT2D eigenvalue weighted by Gasteiger charge is -2.37. The van der Waals surface area contributed by atoms with Gasteiger partial charge in [0.25, 0.3) is 0 Å². The van der Waals surface area contributed by atoms with Crippen LogP contribution in [0.1, 0.15) is 12.0 Å². The van der Waals surface area contributed by atoms with Gasteiger partial charge in [-0.1, -0.05) is 12.1 Å². The highest BCUT2D eigenvalue weighted by atomic mass is 16.5. The summed E-state index contributed by atoms with van der Waals surface area (Å²) in [6, 6.07) is 9.26. The molecular formula is C17H27N3O. The van der Waals surface area contributed by atoms with Crippen LogP contribution in [0.15, 0.2) is 24.3 Å². The molecule has 4 nitrogen and oxygen atoms in total. The normalized spacial score (nSPS) is 24.3. The van der Waals surface area contributed by atoms with Gasteiger partial charge in [0, 0.05) is 45.3 Å². The SMILES string of the molecule is COc1ccc(CCN2CCN(C3CCNC3)CC2)cc1.